The van der Waals surface area contributed by atoms with Gasteiger partial charge >= 0.3 is 0 Å². The van der Waals surface area contributed by atoms with E-state index < -0.39 is 0 Å². The third-order valence-corrected chi connectivity index (χ3v) is 2.82. The molecule has 0 unspecified atom stereocenters. The van der Waals surface area contributed by atoms with Crippen molar-refractivity contribution in [3.63, 3.8) is 0 Å². The van der Waals surface area contributed by atoms with Gasteiger partial charge in [0.2, 0.25) is 5.95 Å². The minimum atomic E-state index is 0.137. The molecule has 0 saturated heterocycles. The number of aryl methyl sites for hydroxylation is 1. The molecule has 6 heteroatoms. The summed E-state index contributed by atoms with van der Waals surface area (Å²) < 4.78 is 0. The van der Waals surface area contributed by atoms with Crippen molar-refractivity contribution in [2.24, 2.45) is 0 Å². The molecule has 2 aromatic heterocycles. The topological polar surface area (TPSA) is 83.8 Å². The Hall–Kier alpha value is -3.02. The van der Waals surface area contributed by atoms with Gasteiger partial charge in [-0.1, -0.05) is 12.1 Å². The van der Waals surface area contributed by atoms with Gasteiger partial charge in [-0.3, -0.25) is 4.98 Å². The Morgan fingerprint density at radius 3 is 2.62 bits per heavy atom. The highest BCUT2D eigenvalue weighted by Crippen LogP contribution is 2.25. The van der Waals surface area contributed by atoms with Crippen LogP contribution in [-0.4, -0.2) is 25.0 Å². The van der Waals surface area contributed by atoms with Crippen molar-refractivity contribution < 1.29 is 5.11 Å². The Balaban J connectivity index is 1.97. The molecule has 0 aliphatic carbocycles. The number of nitrogens with one attached hydrogen (secondary N) is 1. The van der Waals surface area contributed by atoms with E-state index in [0.717, 1.165) is 5.56 Å². The first-order valence-electron chi connectivity index (χ1n) is 6.40. The van der Waals surface area contributed by atoms with Crippen molar-refractivity contribution >= 4 is 11.6 Å². The number of para-hydroxylation sites is 2. The van der Waals surface area contributed by atoms with E-state index in [4.69, 9.17) is 0 Å². The van der Waals surface area contributed by atoms with Crippen LogP contribution in [0.3, 0.4) is 0 Å². The maximum absolute atomic E-state index is 9.78. The minimum absolute atomic E-state index is 0.137. The highest BCUT2D eigenvalue weighted by atomic mass is 16.3. The molecule has 1 aromatic carbocycles. The number of pyridine rings is 1. The number of rotatable bonds is 3. The van der Waals surface area contributed by atoms with Crippen molar-refractivity contribution in [2.45, 2.75) is 6.92 Å². The summed E-state index contributed by atoms with van der Waals surface area (Å²) in [6.07, 6.45) is 3.39. The van der Waals surface area contributed by atoms with E-state index in [2.05, 4.69) is 25.3 Å². The number of anilines is 2. The third-order valence-electron chi connectivity index (χ3n) is 2.82. The van der Waals surface area contributed by atoms with Crippen LogP contribution in [-0.2, 0) is 0 Å². The predicted octanol–water partition coefficient (Wildman–Crippen LogP) is 2.69. The van der Waals surface area contributed by atoms with Crippen LogP contribution in [0.1, 0.15) is 5.82 Å². The van der Waals surface area contributed by atoms with Gasteiger partial charge < -0.3 is 10.4 Å². The first-order valence-corrected chi connectivity index (χ1v) is 6.40. The third kappa shape index (κ3) is 2.94. The molecule has 21 heavy (non-hydrogen) atoms. The van der Waals surface area contributed by atoms with E-state index in [1.807, 2.05) is 18.2 Å². The van der Waals surface area contributed by atoms with E-state index in [0.29, 0.717) is 23.3 Å². The van der Waals surface area contributed by atoms with Crippen molar-refractivity contribution in [1.29, 1.82) is 0 Å². The molecule has 0 amide bonds. The largest absolute Gasteiger partial charge is 0.506 e. The van der Waals surface area contributed by atoms with Crippen LogP contribution in [0.2, 0.25) is 0 Å². The summed E-state index contributed by atoms with van der Waals surface area (Å²) >= 11 is 0. The molecular formula is C15H13N5O. The summed E-state index contributed by atoms with van der Waals surface area (Å²) in [5.74, 6) is 1.64. The van der Waals surface area contributed by atoms with Crippen LogP contribution in [0.25, 0.3) is 11.4 Å². The van der Waals surface area contributed by atoms with E-state index in [1.54, 1.807) is 37.5 Å². The Morgan fingerprint density at radius 1 is 1.00 bits per heavy atom. The van der Waals surface area contributed by atoms with E-state index in [-0.39, 0.29) is 5.75 Å². The van der Waals surface area contributed by atoms with Crippen molar-refractivity contribution in [3.05, 3.63) is 54.6 Å². The van der Waals surface area contributed by atoms with Crippen molar-refractivity contribution in [2.75, 3.05) is 5.32 Å². The standard InChI is InChI=1S/C15H13N5O/c1-10-17-14(11-5-4-8-16-9-11)20-15(18-10)19-12-6-2-3-7-13(12)21/h2-9,21H,1H3,(H,17,18,19,20). The molecule has 104 valence electrons. The summed E-state index contributed by atoms with van der Waals surface area (Å²) in [6.45, 7) is 1.79. The fourth-order valence-corrected chi connectivity index (χ4v) is 1.86. The van der Waals surface area contributed by atoms with Gasteiger partial charge in [0.15, 0.2) is 5.82 Å². The molecule has 3 aromatic rings. The zero-order valence-corrected chi connectivity index (χ0v) is 11.4. The first kappa shape index (κ1) is 13.0. The van der Waals surface area contributed by atoms with Gasteiger partial charge in [0.1, 0.15) is 11.6 Å². The summed E-state index contributed by atoms with van der Waals surface area (Å²) in [4.78, 5) is 16.9. The molecule has 0 atom stereocenters. The van der Waals surface area contributed by atoms with Gasteiger partial charge in [0.05, 0.1) is 5.69 Å². The van der Waals surface area contributed by atoms with Crippen LogP contribution < -0.4 is 5.32 Å². The Bertz CT molecular complexity index is 761. The number of phenolic OH excluding ortho intramolecular Hbond substituents is 1. The Labute approximate surface area is 121 Å². The monoisotopic (exact) mass is 279 g/mol. The molecule has 2 heterocycles. The van der Waals surface area contributed by atoms with Gasteiger partial charge in [-0.25, -0.2) is 4.98 Å². The maximum Gasteiger partial charge on any atom is 0.231 e. The maximum atomic E-state index is 9.78. The molecule has 0 aliphatic heterocycles. The molecule has 0 spiro atoms. The number of hydrogen-bond donors (Lipinski definition) is 2. The Morgan fingerprint density at radius 2 is 1.86 bits per heavy atom. The number of aromatic nitrogens is 4. The lowest BCUT2D eigenvalue weighted by Crippen LogP contribution is -2.03. The number of benzene rings is 1. The fraction of sp³-hybridized carbons (Fsp3) is 0.0667. The fourth-order valence-electron chi connectivity index (χ4n) is 1.86. The molecule has 0 aliphatic rings. The van der Waals surface area contributed by atoms with Gasteiger partial charge in [0, 0.05) is 18.0 Å². The van der Waals surface area contributed by atoms with Crippen molar-refractivity contribution in [3.8, 4) is 17.1 Å². The minimum Gasteiger partial charge on any atom is -0.506 e. The molecule has 6 nitrogen and oxygen atoms in total. The summed E-state index contributed by atoms with van der Waals surface area (Å²) in [5, 5.41) is 12.8. The molecule has 2 N–H and O–H groups in total. The average molecular weight is 279 g/mol. The molecule has 0 bridgehead atoms. The molecule has 0 saturated carbocycles. The van der Waals surface area contributed by atoms with E-state index in [1.165, 1.54) is 0 Å². The zero-order valence-electron chi connectivity index (χ0n) is 11.4. The predicted molar refractivity (Wildman–Crippen MR) is 79.2 cm³/mol. The van der Waals surface area contributed by atoms with Gasteiger partial charge in [0.25, 0.3) is 0 Å². The normalized spacial score (nSPS) is 10.3. The molecule has 0 fully saturated rings. The summed E-state index contributed by atoms with van der Waals surface area (Å²) in [6, 6.07) is 10.6. The average Bonchev–Trinajstić information content (AvgIpc) is 2.50. The lowest BCUT2D eigenvalue weighted by atomic mass is 10.3. The summed E-state index contributed by atoms with van der Waals surface area (Å²) in [5.41, 5.74) is 1.35. The van der Waals surface area contributed by atoms with Crippen LogP contribution >= 0.6 is 0 Å². The second-order valence-corrected chi connectivity index (χ2v) is 4.41. The Kier molecular flexibility index (Phi) is 3.42. The lowest BCUT2D eigenvalue weighted by Gasteiger charge is -2.08. The second kappa shape index (κ2) is 5.54. The van der Waals surface area contributed by atoms with Crippen LogP contribution in [0.4, 0.5) is 11.6 Å². The van der Waals surface area contributed by atoms with Crippen LogP contribution in [0.15, 0.2) is 48.8 Å². The molecule has 3 rings (SSSR count). The molecule has 0 radical (unpaired) electrons. The summed E-state index contributed by atoms with van der Waals surface area (Å²) in [7, 11) is 0. The number of nitrogens with zero attached hydrogens (tertiary/aromatic N) is 4. The smallest absolute Gasteiger partial charge is 0.231 e. The zero-order chi connectivity index (χ0) is 14.7. The first-order chi connectivity index (χ1) is 10.2. The SMILES string of the molecule is Cc1nc(Nc2ccccc2O)nc(-c2cccnc2)n1. The van der Waals surface area contributed by atoms with Crippen molar-refractivity contribution in [1.82, 2.24) is 19.9 Å². The van der Waals surface area contributed by atoms with E-state index in [9.17, 15) is 5.11 Å². The van der Waals surface area contributed by atoms with E-state index >= 15 is 0 Å². The van der Waals surface area contributed by atoms with Crippen LogP contribution in [0, 0.1) is 6.92 Å². The highest BCUT2D eigenvalue weighted by molar-refractivity contribution is 5.63. The number of hydrogen-bond acceptors (Lipinski definition) is 6. The van der Waals surface area contributed by atoms with Gasteiger partial charge in [-0.2, -0.15) is 9.97 Å². The highest BCUT2D eigenvalue weighted by Gasteiger charge is 2.08. The number of aromatic hydroxyl groups is 1. The lowest BCUT2D eigenvalue weighted by molar-refractivity contribution is 0.477. The molecular weight excluding hydrogens is 266 g/mol. The van der Waals surface area contributed by atoms with Crippen LogP contribution in [0.5, 0.6) is 5.75 Å². The quantitative estimate of drug-likeness (QED) is 0.717. The van der Waals surface area contributed by atoms with Gasteiger partial charge in [-0.15, -0.1) is 0 Å². The van der Waals surface area contributed by atoms with Gasteiger partial charge in [-0.05, 0) is 31.2 Å². The number of phenols is 1. The second-order valence-electron chi connectivity index (χ2n) is 4.41.